The Labute approximate surface area is 114 Å². The van der Waals surface area contributed by atoms with E-state index in [1.807, 2.05) is 6.07 Å². The normalized spacial score (nSPS) is 14.0. The highest BCUT2D eigenvalue weighted by molar-refractivity contribution is 5.95. The zero-order chi connectivity index (χ0) is 15.4. The van der Waals surface area contributed by atoms with Crippen LogP contribution in [0.25, 0.3) is 0 Å². The van der Waals surface area contributed by atoms with Crippen LogP contribution >= 0.6 is 0 Å². The van der Waals surface area contributed by atoms with Crippen LogP contribution in [0.3, 0.4) is 0 Å². The van der Waals surface area contributed by atoms with Crippen LogP contribution in [0.1, 0.15) is 30.6 Å². The Balaban J connectivity index is 2.79. The lowest BCUT2D eigenvalue weighted by Gasteiger charge is -2.21. The Bertz CT molecular complexity index is 520. The van der Waals surface area contributed by atoms with Gasteiger partial charge in [0.05, 0.1) is 6.07 Å². The van der Waals surface area contributed by atoms with Gasteiger partial charge in [-0.1, -0.05) is 6.92 Å². The third-order valence-electron chi connectivity index (χ3n) is 2.69. The van der Waals surface area contributed by atoms with Crippen molar-refractivity contribution in [2.75, 3.05) is 0 Å². The standard InChI is InChI=1S/C13H13F3N2O2/c1-3-12(2,8-17)18-11(19)9-4-6-10(7-5-9)20-13(14,15)16/h4-7H,3H2,1-2H3,(H,18,19). The topological polar surface area (TPSA) is 62.1 Å². The van der Waals surface area contributed by atoms with Gasteiger partial charge >= 0.3 is 6.36 Å². The number of hydrogen-bond acceptors (Lipinski definition) is 3. The van der Waals surface area contributed by atoms with E-state index in [4.69, 9.17) is 5.26 Å². The largest absolute Gasteiger partial charge is 0.573 e. The molecule has 0 aromatic heterocycles. The fraction of sp³-hybridized carbons (Fsp3) is 0.385. The summed E-state index contributed by atoms with van der Waals surface area (Å²) < 4.78 is 39.6. The molecule has 0 spiro atoms. The van der Waals surface area contributed by atoms with Crippen molar-refractivity contribution in [1.82, 2.24) is 5.32 Å². The molecule has 1 unspecified atom stereocenters. The fourth-order valence-corrected chi connectivity index (χ4v) is 1.33. The maximum absolute atomic E-state index is 12.0. The molecule has 1 rings (SSSR count). The summed E-state index contributed by atoms with van der Waals surface area (Å²) in [5, 5.41) is 11.5. The molecule has 0 aliphatic rings. The van der Waals surface area contributed by atoms with Gasteiger partial charge in [0.25, 0.3) is 5.91 Å². The molecule has 1 aromatic rings. The van der Waals surface area contributed by atoms with E-state index in [1.54, 1.807) is 13.8 Å². The lowest BCUT2D eigenvalue weighted by atomic mass is 10.0. The Hall–Kier alpha value is -2.23. The van der Waals surface area contributed by atoms with Gasteiger partial charge in [-0.2, -0.15) is 5.26 Å². The molecule has 1 atom stereocenters. The third kappa shape index (κ3) is 4.46. The lowest BCUT2D eigenvalue weighted by molar-refractivity contribution is -0.274. The number of rotatable bonds is 4. The van der Waals surface area contributed by atoms with E-state index < -0.39 is 23.6 Å². The Kier molecular flexibility index (Phi) is 4.61. The average molecular weight is 286 g/mol. The minimum absolute atomic E-state index is 0.148. The predicted octanol–water partition coefficient (Wildman–Crippen LogP) is 3.01. The summed E-state index contributed by atoms with van der Waals surface area (Å²) in [6, 6.07) is 6.44. The molecule has 108 valence electrons. The molecule has 0 fully saturated rings. The fourth-order valence-electron chi connectivity index (χ4n) is 1.33. The molecular weight excluding hydrogens is 273 g/mol. The Morgan fingerprint density at radius 2 is 1.90 bits per heavy atom. The molecule has 7 heteroatoms. The first kappa shape index (κ1) is 15.8. The molecule has 0 saturated carbocycles. The third-order valence-corrected chi connectivity index (χ3v) is 2.69. The van der Waals surface area contributed by atoms with Gasteiger partial charge in [-0.3, -0.25) is 4.79 Å². The van der Waals surface area contributed by atoms with Crippen LogP contribution in [0.2, 0.25) is 0 Å². The highest BCUT2D eigenvalue weighted by Gasteiger charge is 2.31. The van der Waals surface area contributed by atoms with Gasteiger partial charge < -0.3 is 10.1 Å². The van der Waals surface area contributed by atoms with Crippen molar-refractivity contribution in [2.24, 2.45) is 0 Å². The van der Waals surface area contributed by atoms with Crippen LogP contribution in [0.5, 0.6) is 5.75 Å². The summed E-state index contributed by atoms with van der Waals surface area (Å²) in [5.74, 6) is -0.943. The number of halogens is 3. The van der Waals surface area contributed by atoms with Crippen molar-refractivity contribution >= 4 is 5.91 Å². The predicted molar refractivity (Wildman–Crippen MR) is 64.9 cm³/mol. The number of benzene rings is 1. The van der Waals surface area contributed by atoms with Gasteiger partial charge in [0.15, 0.2) is 0 Å². The average Bonchev–Trinajstić information content (AvgIpc) is 2.37. The summed E-state index contributed by atoms with van der Waals surface area (Å²) in [4.78, 5) is 11.8. The SMILES string of the molecule is CCC(C)(C#N)NC(=O)c1ccc(OC(F)(F)F)cc1. The number of ether oxygens (including phenoxy) is 1. The van der Waals surface area contributed by atoms with Crippen LogP contribution < -0.4 is 10.1 Å². The van der Waals surface area contributed by atoms with E-state index in [0.29, 0.717) is 6.42 Å². The van der Waals surface area contributed by atoms with E-state index in [-0.39, 0.29) is 5.56 Å². The van der Waals surface area contributed by atoms with Crippen LogP contribution in [-0.4, -0.2) is 17.8 Å². The van der Waals surface area contributed by atoms with Gasteiger partial charge in [0.1, 0.15) is 11.3 Å². The van der Waals surface area contributed by atoms with Gasteiger partial charge in [-0.05, 0) is 37.6 Å². The highest BCUT2D eigenvalue weighted by Crippen LogP contribution is 2.22. The van der Waals surface area contributed by atoms with Gasteiger partial charge in [-0.25, -0.2) is 0 Å². The second kappa shape index (κ2) is 5.82. The monoisotopic (exact) mass is 286 g/mol. The molecule has 20 heavy (non-hydrogen) atoms. The van der Waals surface area contributed by atoms with E-state index in [0.717, 1.165) is 12.1 Å². The first-order valence-corrected chi connectivity index (χ1v) is 5.78. The molecule has 0 heterocycles. The van der Waals surface area contributed by atoms with E-state index in [9.17, 15) is 18.0 Å². The van der Waals surface area contributed by atoms with E-state index in [1.165, 1.54) is 12.1 Å². The second-order valence-corrected chi connectivity index (χ2v) is 4.32. The second-order valence-electron chi connectivity index (χ2n) is 4.32. The van der Waals surface area contributed by atoms with Crippen LogP contribution in [0.4, 0.5) is 13.2 Å². The molecule has 1 amide bonds. The molecule has 1 aromatic carbocycles. The maximum atomic E-state index is 12.0. The quantitative estimate of drug-likeness (QED) is 0.925. The van der Waals surface area contributed by atoms with Crippen molar-refractivity contribution in [1.29, 1.82) is 5.26 Å². The van der Waals surface area contributed by atoms with Gasteiger partial charge in [0, 0.05) is 5.56 Å². The van der Waals surface area contributed by atoms with E-state index >= 15 is 0 Å². The maximum Gasteiger partial charge on any atom is 0.573 e. The van der Waals surface area contributed by atoms with Crippen molar-refractivity contribution in [3.63, 3.8) is 0 Å². The van der Waals surface area contributed by atoms with Gasteiger partial charge in [0.2, 0.25) is 0 Å². The van der Waals surface area contributed by atoms with E-state index in [2.05, 4.69) is 10.1 Å². The minimum Gasteiger partial charge on any atom is -0.406 e. The number of nitrogens with zero attached hydrogens (tertiary/aromatic N) is 1. The Morgan fingerprint density at radius 3 is 2.30 bits per heavy atom. The first-order chi connectivity index (χ1) is 9.19. The number of hydrogen-bond donors (Lipinski definition) is 1. The molecule has 0 aliphatic carbocycles. The smallest absolute Gasteiger partial charge is 0.406 e. The summed E-state index contributed by atoms with van der Waals surface area (Å²) in [6.45, 7) is 3.30. The number of amides is 1. The molecule has 1 N–H and O–H groups in total. The lowest BCUT2D eigenvalue weighted by Crippen LogP contribution is -2.44. The molecule has 0 radical (unpaired) electrons. The minimum atomic E-state index is -4.77. The Morgan fingerprint density at radius 1 is 1.35 bits per heavy atom. The molecular formula is C13H13F3N2O2. The molecule has 0 saturated heterocycles. The van der Waals surface area contributed by atoms with Crippen molar-refractivity contribution < 1.29 is 22.7 Å². The number of carbonyl (C=O) groups is 1. The summed E-state index contributed by atoms with van der Waals surface area (Å²) >= 11 is 0. The molecule has 4 nitrogen and oxygen atoms in total. The molecule has 0 aliphatic heterocycles. The zero-order valence-electron chi connectivity index (χ0n) is 10.9. The summed E-state index contributed by atoms with van der Waals surface area (Å²) in [5.41, 5.74) is -0.868. The highest BCUT2D eigenvalue weighted by atomic mass is 19.4. The number of carbonyl (C=O) groups excluding carboxylic acids is 1. The first-order valence-electron chi connectivity index (χ1n) is 5.78. The number of nitriles is 1. The van der Waals surface area contributed by atoms with Gasteiger partial charge in [-0.15, -0.1) is 13.2 Å². The zero-order valence-corrected chi connectivity index (χ0v) is 10.9. The van der Waals surface area contributed by atoms with Crippen molar-refractivity contribution in [3.05, 3.63) is 29.8 Å². The van der Waals surface area contributed by atoms with Crippen LogP contribution in [0, 0.1) is 11.3 Å². The number of alkyl halides is 3. The molecule has 0 bridgehead atoms. The van der Waals surface area contributed by atoms with Crippen molar-refractivity contribution in [3.8, 4) is 11.8 Å². The summed E-state index contributed by atoms with van der Waals surface area (Å²) in [7, 11) is 0. The van der Waals surface area contributed by atoms with Crippen molar-refractivity contribution in [2.45, 2.75) is 32.2 Å². The van der Waals surface area contributed by atoms with Crippen LogP contribution in [-0.2, 0) is 0 Å². The van der Waals surface area contributed by atoms with Crippen LogP contribution in [0.15, 0.2) is 24.3 Å². The summed E-state index contributed by atoms with van der Waals surface area (Å²) in [6.07, 6.45) is -4.37. The number of nitrogens with one attached hydrogen (secondary N) is 1.